The van der Waals surface area contributed by atoms with Gasteiger partial charge in [-0.25, -0.2) is 5.01 Å². The van der Waals surface area contributed by atoms with E-state index in [1.807, 2.05) is 0 Å². The summed E-state index contributed by atoms with van der Waals surface area (Å²) in [6.45, 7) is 4.67. The van der Waals surface area contributed by atoms with E-state index >= 15 is 0 Å². The third-order valence-corrected chi connectivity index (χ3v) is 10.2. The van der Waals surface area contributed by atoms with Crippen molar-refractivity contribution in [1.82, 2.24) is 0 Å². The summed E-state index contributed by atoms with van der Waals surface area (Å²) in [7, 11) is 0. The second-order valence-corrected chi connectivity index (χ2v) is 13.2. The summed E-state index contributed by atoms with van der Waals surface area (Å²) in [4.78, 5) is 0. The van der Waals surface area contributed by atoms with E-state index in [9.17, 15) is 0 Å². The molecule has 0 amide bonds. The van der Waals surface area contributed by atoms with Crippen LogP contribution in [-0.2, 0) is 5.41 Å². The Morgan fingerprint density at radius 1 is 0.837 bits per heavy atom. The zero-order chi connectivity index (χ0) is 29.1. The van der Waals surface area contributed by atoms with Gasteiger partial charge < -0.3 is 5.73 Å². The minimum Gasteiger partial charge on any atom is -0.398 e. The molecular weight excluding hydrogens is 522 g/mol. The minimum atomic E-state index is -0.0286. The zero-order valence-electron chi connectivity index (χ0n) is 25.2. The van der Waals surface area contributed by atoms with Gasteiger partial charge in [-0.2, -0.15) is 5.10 Å². The molecule has 2 atom stereocenters. The first kappa shape index (κ1) is 26.3. The third kappa shape index (κ3) is 4.45. The van der Waals surface area contributed by atoms with E-state index in [1.165, 1.54) is 40.7 Å². The van der Waals surface area contributed by atoms with E-state index in [-0.39, 0.29) is 5.41 Å². The van der Waals surface area contributed by atoms with Gasteiger partial charge in [0.25, 0.3) is 0 Å². The molecule has 3 aromatic rings. The van der Waals surface area contributed by atoms with Crippen LogP contribution >= 0.6 is 0 Å². The lowest BCUT2D eigenvalue weighted by Crippen LogP contribution is -2.21. The Balaban J connectivity index is 1.29. The van der Waals surface area contributed by atoms with Crippen LogP contribution in [0.3, 0.4) is 0 Å². The molecule has 3 heteroatoms. The van der Waals surface area contributed by atoms with Gasteiger partial charge in [-0.1, -0.05) is 92.8 Å². The first-order valence-corrected chi connectivity index (χ1v) is 15.9. The molecule has 3 nitrogen and oxygen atoms in total. The van der Waals surface area contributed by atoms with Crippen LogP contribution in [0.15, 0.2) is 136 Å². The quantitative estimate of drug-likeness (QED) is 0.322. The minimum absolute atomic E-state index is 0.0286. The summed E-state index contributed by atoms with van der Waals surface area (Å²) in [6, 6.07) is 26.4. The molecule has 43 heavy (non-hydrogen) atoms. The number of hydrogen-bond donors (Lipinski definition) is 1. The Morgan fingerprint density at radius 2 is 1.65 bits per heavy atom. The van der Waals surface area contributed by atoms with Gasteiger partial charge in [0.2, 0.25) is 0 Å². The Hall–Kier alpha value is -4.37. The van der Waals surface area contributed by atoms with Gasteiger partial charge >= 0.3 is 0 Å². The Bertz CT molecular complexity index is 1810. The van der Waals surface area contributed by atoms with Gasteiger partial charge in [0, 0.05) is 22.6 Å². The average Bonchev–Trinajstić information content (AvgIpc) is 3.83. The molecule has 214 valence electrons. The molecule has 5 aliphatic carbocycles. The third-order valence-electron chi connectivity index (χ3n) is 10.2. The standard InChI is InChI=1S/C40H39N3/c1-40(2)36-16-10-9-15-32(36)35-25-30(19-22-37(35)40)43(29-13-7-4-8-14-29)42-38-24-28-18-17-27-23-34(27)31(28)20-21-33(38)39(41)26-11-5-3-6-12-26/h4-5,7-16,19-20,22-23,25,27-28H,3,6,17-18,21,24,41H2,1-2H3/t27-,28?/m1/s1. The Labute approximate surface area is 255 Å². The van der Waals surface area contributed by atoms with E-state index in [0.717, 1.165) is 54.0 Å². The fourth-order valence-corrected chi connectivity index (χ4v) is 7.82. The number of nitrogens with two attached hydrogens (primary N) is 1. The summed E-state index contributed by atoms with van der Waals surface area (Å²) < 4.78 is 0. The molecule has 0 heterocycles. The number of fused-ring (bicyclic) bond motifs is 6. The van der Waals surface area contributed by atoms with Gasteiger partial charge in [-0.3, -0.25) is 0 Å². The zero-order valence-corrected chi connectivity index (χ0v) is 25.2. The van der Waals surface area contributed by atoms with Crippen LogP contribution in [0.1, 0.15) is 63.5 Å². The van der Waals surface area contributed by atoms with Crippen molar-refractivity contribution in [1.29, 1.82) is 0 Å². The molecule has 0 spiro atoms. The second kappa shape index (κ2) is 10.1. The smallest absolute Gasteiger partial charge is 0.0675 e. The van der Waals surface area contributed by atoms with E-state index in [1.54, 1.807) is 11.1 Å². The van der Waals surface area contributed by atoms with Crippen LogP contribution in [-0.4, -0.2) is 5.71 Å². The summed E-state index contributed by atoms with van der Waals surface area (Å²) in [5.74, 6) is 1.20. The highest BCUT2D eigenvalue weighted by Gasteiger charge is 2.39. The maximum absolute atomic E-state index is 7.04. The SMILES string of the molecule is CC1(C)c2ccccc2-c2cc(N(N=C3CC4CC[C@@H]5C=C5C4=CCC3=C(N)C3=CCCC=C3)c3ccccc3)ccc21. The highest BCUT2D eigenvalue weighted by atomic mass is 15.5. The number of hydrazone groups is 1. The summed E-state index contributed by atoms with van der Waals surface area (Å²) in [5.41, 5.74) is 22.0. The molecule has 1 saturated carbocycles. The van der Waals surface area contributed by atoms with Crippen molar-refractivity contribution in [3.63, 3.8) is 0 Å². The van der Waals surface area contributed by atoms with Crippen molar-refractivity contribution < 1.29 is 0 Å². The normalized spacial score (nSPS) is 24.9. The number of nitrogens with zero attached hydrogens (tertiary/aromatic N) is 2. The molecule has 8 rings (SSSR count). The number of rotatable bonds is 4. The number of allylic oxidation sites excluding steroid dienone is 8. The number of para-hydroxylation sites is 1. The lowest BCUT2D eigenvalue weighted by molar-refractivity contribution is 0.505. The van der Waals surface area contributed by atoms with Crippen LogP contribution in [0.5, 0.6) is 0 Å². The summed E-state index contributed by atoms with van der Waals surface area (Å²) >= 11 is 0. The number of benzene rings is 3. The molecular formula is C40H39N3. The maximum atomic E-state index is 7.04. The highest BCUT2D eigenvalue weighted by Crippen LogP contribution is 2.52. The van der Waals surface area contributed by atoms with Crippen LogP contribution in [0, 0.1) is 11.8 Å². The van der Waals surface area contributed by atoms with Crippen molar-refractivity contribution in [2.75, 3.05) is 5.01 Å². The van der Waals surface area contributed by atoms with Crippen molar-refractivity contribution in [3.8, 4) is 11.1 Å². The van der Waals surface area contributed by atoms with Gasteiger partial charge in [0.15, 0.2) is 0 Å². The number of hydrogen-bond acceptors (Lipinski definition) is 3. The van der Waals surface area contributed by atoms with Crippen molar-refractivity contribution in [2.24, 2.45) is 22.7 Å². The predicted octanol–water partition coefficient (Wildman–Crippen LogP) is 9.66. The molecule has 5 aliphatic rings. The molecule has 0 bridgehead atoms. The monoisotopic (exact) mass is 561 g/mol. The van der Waals surface area contributed by atoms with Crippen LogP contribution in [0.25, 0.3) is 11.1 Å². The van der Waals surface area contributed by atoms with Crippen molar-refractivity contribution in [2.45, 2.75) is 57.8 Å². The predicted molar refractivity (Wildman–Crippen MR) is 179 cm³/mol. The largest absolute Gasteiger partial charge is 0.398 e. The maximum Gasteiger partial charge on any atom is 0.0675 e. The van der Waals surface area contributed by atoms with Gasteiger partial charge in [0.1, 0.15) is 0 Å². The molecule has 0 aromatic heterocycles. The Kier molecular flexibility index (Phi) is 6.18. The molecule has 1 unspecified atom stereocenters. The van der Waals surface area contributed by atoms with Gasteiger partial charge in [-0.15, -0.1) is 0 Å². The topological polar surface area (TPSA) is 41.6 Å². The summed E-state index contributed by atoms with van der Waals surface area (Å²) in [6.07, 6.45) is 18.0. The molecule has 0 radical (unpaired) electrons. The highest BCUT2D eigenvalue weighted by molar-refractivity contribution is 6.03. The first-order chi connectivity index (χ1) is 21.0. The lowest BCUT2D eigenvalue weighted by atomic mass is 9.81. The fraction of sp³-hybridized carbons (Fsp3) is 0.275. The van der Waals surface area contributed by atoms with E-state index < -0.39 is 0 Å². The van der Waals surface area contributed by atoms with E-state index in [0.29, 0.717) is 11.8 Å². The molecule has 0 aliphatic heterocycles. The van der Waals surface area contributed by atoms with Crippen LogP contribution in [0.2, 0.25) is 0 Å². The number of anilines is 2. The summed E-state index contributed by atoms with van der Waals surface area (Å²) in [5, 5.41) is 7.75. The molecule has 1 fully saturated rings. The van der Waals surface area contributed by atoms with Crippen LogP contribution < -0.4 is 10.7 Å². The average molecular weight is 562 g/mol. The van der Waals surface area contributed by atoms with Gasteiger partial charge in [-0.05, 0) is 108 Å². The fourth-order valence-electron chi connectivity index (χ4n) is 7.82. The van der Waals surface area contributed by atoms with Crippen molar-refractivity contribution >= 4 is 17.1 Å². The second-order valence-electron chi connectivity index (χ2n) is 13.2. The van der Waals surface area contributed by atoms with E-state index in [4.69, 9.17) is 10.8 Å². The molecule has 3 aromatic carbocycles. The van der Waals surface area contributed by atoms with E-state index in [2.05, 4.69) is 122 Å². The first-order valence-electron chi connectivity index (χ1n) is 15.9. The van der Waals surface area contributed by atoms with Crippen LogP contribution in [0.4, 0.5) is 11.4 Å². The molecule has 0 saturated heterocycles. The molecule has 2 N–H and O–H groups in total. The van der Waals surface area contributed by atoms with Gasteiger partial charge in [0.05, 0.1) is 17.1 Å². The lowest BCUT2D eigenvalue weighted by Gasteiger charge is -2.27. The van der Waals surface area contributed by atoms with Crippen molar-refractivity contribution in [3.05, 3.63) is 142 Å². The Morgan fingerprint density at radius 3 is 2.49 bits per heavy atom.